The predicted octanol–water partition coefficient (Wildman–Crippen LogP) is 2.25. The van der Waals surface area contributed by atoms with E-state index >= 15 is 0 Å². The molecule has 0 spiro atoms. The molecule has 7 nitrogen and oxygen atoms in total. The second kappa shape index (κ2) is 10.2. The van der Waals surface area contributed by atoms with Crippen LogP contribution in [-0.4, -0.2) is 59.0 Å². The third kappa shape index (κ3) is 5.23. The molecule has 7 heteroatoms. The highest BCUT2D eigenvalue weighted by Crippen LogP contribution is 2.30. The number of aromatic nitrogens is 2. The fourth-order valence-corrected chi connectivity index (χ4v) is 3.84. The summed E-state index contributed by atoms with van der Waals surface area (Å²) in [5.41, 5.74) is 2.12. The van der Waals surface area contributed by atoms with Crippen molar-refractivity contribution in [1.82, 2.24) is 19.8 Å². The Morgan fingerprint density at radius 1 is 1.24 bits per heavy atom. The van der Waals surface area contributed by atoms with E-state index in [9.17, 15) is 9.59 Å². The van der Waals surface area contributed by atoms with Crippen LogP contribution in [0.3, 0.4) is 0 Å². The lowest BCUT2D eigenvalue weighted by Gasteiger charge is -2.25. The predicted molar refractivity (Wildman–Crippen MR) is 114 cm³/mol. The third-order valence-corrected chi connectivity index (χ3v) is 5.57. The Hall–Kier alpha value is -2.67. The summed E-state index contributed by atoms with van der Waals surface area (Å²) in [5.74, 6) is -0.171. The minimum Gasteiger partial charge on any atom is -0.356 e. The first-order valence-corrected chi connectivity index (χ1v) is 10.5. The zero-order valence-corrected chi connectivity index (χ0v) is 17.4. The molecule has 3 rings (SSSR count). The standard InChI is InChI=1S/C22H31N5O2/c1-3-25(4-2)13-7-11-24-21(28)16-20(26-15-12-23-17-26)22(29)27-14-10-18-8-5-6-9-19(18)27/h5-6,8-9,12,15,17,20H,3-4,7,10-11,13-14,16H2,1-2H3,(H,24,28). The zero-order valence-electron chi connectivity index (χ0n) is 17.4. The molecule has 1 aromatic heterocycles. The molecule has 1 N–H and O–H groups in total. The largest absolute Gasteiger partial charge is 0.356 e. The molecule has 1 atom stereocenters. The Bertz CT molecular complexity index is 801. The first-order valence-electron chi connectivity index (χ1n) is 10.5. The van der Waals surface area contributed by atoms with Crippen LogP contribution in [0.15, 0.2) is 43.0 Å². The van der Waals surface area contributed by atoms with Gasteiger partial charge in [-0.1, -0.05) is 32.0 Å². The number of carbonyl (C=O) groups excluding carboxylic acids is 2. The molecule has 2 aromatic rings. The van der Waals surface area contributed by atoms with Crippen LogP contribution in [0.1, 0.15) is 38.3 Å². The monoisotopic (exact) mass is 397 g/mol. The quantitative estimate of drug-likeness (QED) is 0.625. The van der Waals surface area contributed by atoms with Crippen molar-refractivity contribution in [3.05, 3.63) is 48.5 Å². The maximum Gasteiger partial charge on any atom is 0.250 e. The number of benzene rings is 1. The smallest absolute Gasteiger partial charge is 0.250 e. The first kappa shape index (κ1) is 21.0. The highest BCUT2D eigenvalue weighted by atomic mass is 16.2. The molecule has 0 fully saturated rings. The number of para-hydroxylation sites is 1. The Morgan fingerprint density at radius 2 is 2.03 bits per heavy atom. The van der Waals surface area contributed by atoms with Gasteiger partial charge in [-0.15, -0.1) is 0 Å². The van der Waals surface area contributed by atoms with Gasteiger partial charge in [0.1, 0.15) is 6.04 Å². The van der Waals surface area contributed by atoms with Crippen LogP contribution >= 0.6 is 0 Å². The topological polar surface area (TPSA) is 70.5 Å². The van der Waals surface area contributed by atoms with Gasteiger partial charge in [0.2, 0.25) is 5.91 Å². The molecule has 1 aromatic carbocycles. The van der Waals surface area contributed by atoms with Gasteiger partial charge in [0, 0.05) is 31.2 Å². The van der Waals surface area contributed by atoms with E-state index in [1.807, 2.05) is 18.2 Å². The highest BCUT2D eigenvalue weighted by Gasteiger charge is 2.32. The normalized spacial score (nSPS) is 14.1. The summed E-state index contributed by atoms with van der Waals surface area (Å²) in [6, 6.07) is 7.37. The Kier molecular flexibility index (Phi) is 7.41. The number of hydrogen-bond donors (Lipinski definition) is 1. The number of hydrogen-bond acceptors (Lipinski definition) is 4. The molecule has 2 heterocycles. The van der Waals surface area contributed by atoms with Crippen molar-refractivity contribution < 1.29 is 9.59 Å². The number of amides is 2. The van der Waals surface area contributed by atoms with E-state index in [-0.39, 0.29) is 18.2 Å². The van der Waals surface area contributed by atoms with Gasteiger partial charge in [0.05, 0.1) is 12.7 Å². The van der Waals surface area contributed by atoms with E-state index in [1.54, 1.807) is 28.2 Å². The Labute approximate surface area is 172 Å². The summed E-state index contributed by atoms with van der Waals surface area (Å²) in [5, 5.41) is 2.97. The minimum atomic E-state index is -0.591. The van der Waals surface area contributed by atoms with E-state index in [1.165, 1.54) is 5.56 Å². The average molecular weight is 398 g/mol. The van der Waals surface area contributed by atoms with Crippen LogP contribution < -0.4 is 10.2 Å². The zero-order chi connectivity index (χ0) is 20.6. The molecule has 29 heavy (non-hydrogen) atoms. The molecular formula is C22H31N5O2. The number of rotatable bonds is 10. The second-order valence-electron chi connectivity index (χ2n) is 7.33. The number of fused-ring (bicyclic) bond motifs is 1. The van der Waals surface area contributed by atoms with Gasteiger partial charge in [0.25, 0.3) is 5.91 Å². The first-order chi connectivity index (χ1) is 14.1. The summed E-state index contributed by atoms with van der Waals surface area (Å²) >= 11 is 0. The number of imidazole rings is 1. The SMILES string of the molecule is CCN(CC)CCCNC(=O)CC(C(=O)N1CCc2ccccc21)n1ccnc1. The lowest BCUT2D eigenvalue weighted by atomic mass is 10.1. The van der Waals surface area contributed by atoms with Gasteiger partial charge in [-0.3, -0.25) is 9.59 Å². The van der Waals surface area contributed by atoms with Gasteiger partial charge < -0.3 is 19.7 Å². The van der Waals surface area contributed by atoms with Crippen molar-refractivity contribution >= 4 is 17.5 Å². The van der Waals surface area contributed by atoms with Crippen LogP contribution in [0.2, 0.25) is 0 Å². The lowest BCUT2D eigenvalue weighted by Crippen LogP contribution is -2.39. The van der Waals surface area contributed by atoms with Crippen molar-refractivity contribution in [2.75, 3.05) is 37.6 Å². The number of anilines is 1. The molecule has 0 saturated heterocycles. The van der Waals surface area contributed by atoms with Gasteiger partial charge in [0.15, 0.2) is 0 Å². The number of nitrogens with zero attached hydrogens (tertiary/aromatic N) is 4. The van der Waals surface area contributed by atoms with E-state index in [0.29, 0.717) is 13.1 Å². The van der Waals surface area contributed by atoms with Gasteiger partial charge in [-0.2, -0.15) is 0 Å². The maximum absolute atomic E-state index is 13.3. The number of carbonyl (C=O) groups is 2. The Morgan fingerprint density at radius 3 is 2.76 bits per heavy atom. The summed E-state index contributed by atoms with van der Waals surface area (Å²) in [6.45, 7) is 8.53. The fraction of sp³-hybridized carbons (Fsp3) is 0.500. The molecular weight excluding hydrogens is 366 g/mol. The molecule has 156 valence electrons. The molecule has 2 amide bonds. The van der Waals surface area contributed by atoms with Crippen molar-refractivity contribution in [2.45, 2.75) is 39.2 Å². The maximum atomic E-state index is 13.3. The van der Waals surface area contributed by atoms with E-state index < -0.39 is 6.04 Å². The molecule has 1 aliphatic rings. The third-order valence-electron chi connectivity index (χ3n) is 5.57. The highest BCUT2D eigenvalue weighted by molar-refractivity contribution is 6.00. The van der Waals surface area contributed by atoms with Crippen LogP contribution in [0.5, 0.6) is 0 Å². The van der Waals surface area contributed by atoms with Gasteiger partial charge in [-0.05, 0) is 44.1 Å². The van der Waals surface area contributed by atoms with Gasteiger partial charge in [-0.25, -0.2) is 4.98 Å². The molecule has 1 aliphatic heterocycles. The van der Waals surface area contributed by atoms with Crippen molar-refractivity contribution in [3.63, 3.8) is 0 Å². The molecule has 0 aliphatic carbocycles. The summed E-state index contributed by atoms with van der Waals surface area (Å²) in [4.78, 5) is 34.1. The van der Waals surface area contributed by atoms with Crippen LogP contribution in [-0.2, 0) is 16.0 Å². The minimum absolute atomic E-state index is 0.0637. The second-order valence-corrected chi connectivity index (χ2v) is 7.33. The van der Waals surface area contributed by atoms with E-state index in [0.717, 1.165) is 38.2 Å². The summed E-state index contributed by atoms with van der Waals surface area (Å²) < 4.78 is 1.73. The lowest BCUT2D eigenvalue weighted by molar-refractivity contribution is -0.128. The van der Waals surface area contributed by atoms with Crippen molar-refractivity contribution in [1.29, 1.82) is 0 Å². The van der Waals surface area contributed by atoms with Crippen LogP contribution in [0.4, 0.5) is 5.69 Å². The van der Waals surface area contributed by atoms with E-state index in [4.69, 9.17) is 0 Å². The van der Waals surface area contributed by atoms with Crippen molar-refractivity contribution in [3.8, 4) is 0 Å². The summed E-state index contributed by atoms with van der Waals surface area (Å²) in [6.07, 6.45) is 6.85. The average Bonchev–Trinajstić information content (AvgIpc) is 3.41. The molecule has 0 bridgehead atoms. The Balaban J connectivity index is 1.61. The summed E-state index contributed by atoms with van der Waals surface area (Å²) in [7, 11) is 0. The molecule has 1 unspecified atom stereocenters. The molecule has 0 radical (unpaired) electrons. The van der Waals surface area contributed by atoms with Crippen LogP contribution in [0, 0.1) is 0 Å². The van der Waals surface area contributed by atoms with Crippen molar-refractivity contribution in [2.24, 2.45) is 0 Å². The van der Waals surface area contributed by atoms with E-state index in [2.05, 4.69) is 35.1 Å². The fourth-order valence-electron chi connectivity index (χ4n) is 3.84. The molecule has 0 saturated carbocycles. The number of nitrogens with one attached hydrogen (secondary N) is 1. The van der Waals surface area contributed by atoms with Gasteiger partial charge >= 0.3 is 0 Å². The van der Waals surface area contributed by atoms with Crippen LogP contribution in [0.25, 0.3) is 0 Å².